The Morgan fingerprint density at radius 3 is 3.00 bits per heavy atom. The standard InChI is InChI=1S/C18H22N6O/c1-2-13(23-6-8-25-9-7-23)12-24(5-1)16-11-21-22-15-10-20-18-14(17(15)16)3-4-19-18/h3-4,10-11,13H,1-2,5-9,12H2,(H,19,20). The number of aromatic nitrogens is 4. The summed E-state index contributed by atoms with van der Waals surface area (Å²) in [6.45, 7) is 5.89. The van der Waals surface area contributed by atoms with Crippen molar-refractivity contribution < 1.29 is 4.74 Å². The molecule has 1 N–H and O–H groups in total. The quantitative estimate of drug-likeness (QED) is 0.768. The molecule has 2 aliphatic heterocycles. The van der Waals surface area contributed by atoms with Gasteiger partial charge < -0.3 is 14.6 Å². The molecule has 0 spiro atoms. The van der Waals surface area contributed by atoms with E-state index in [1.54, 1.807) is 0 Å². The zero-order valence-electron chi connectivity index (χ0n) is 14.2. The Morgan fingerprint density at radius 1 is 1.16 bits per heavy atom. The molecule has 2 aliphatic rings. The fourth-order valence-electron chi connectivity index (χ4n) is 4.21. The molecule has 0 radical (unpaired) electrons. The molecule has 5 rings (SSSR count). The molecule has 2 saturated heterocycles. The van der Waals surface area contributed by atoms with Crippen LogP contribution in [-0.4, -0.2) is 70.5 Å². The topological polar surface area (TPSA) is 70.2 Å². The first kappa shape index (κ1) is 15.0. The average Bonchev–Trinajstić information content (AvgIpc) is 3.17. The van der Waals surface area contributed by atoms with Crippen LogP contribution in [0.15, 0.2) is 24.7 Å². The third-order valence-corrected chi connectivity index (χ3v) is 5.47. The summed E-state index contributed by atoms with van der Waals surface area (Å²) in [7, 11) is 0. The van der Waals surface area contributed by atoms with Gasteiger partial charge >= 0.3 is 0 Å². The smallest absolute Gasteiger partial charge is 0.138 e. The van der Waals surface area contributed by atoms with Crippen molar-refractivity contribution in [2.45, 2.75) is 18.9 Å². The van der Waals surface area contributed by atoms with Gasteiger partial charge in [0.2, 0.25) is 0 Å². The van der Waals surface area contributed by atoms with E-state index in [0.717, 1.165) is 61.3 Å². The summed E-state index contributed by atoms with van der Waals surface area (Å²) in [5.41, 5.74) is 2.94. The predicted octanol–water partition coefficient (Wildman–Crippen LogP) is 1.81. The van der Waals surface area contributed by atoms with Crippen molar-refractivity contribution in [3.05, 3.63) is 24.7 Å². The number of rotatable bonds is 2. The van der Waals surface area contributed by atoms with Crippen molar-refractivity contribution in [3.8, 4) is 0 Å². The Kier molecular flexibility index (Phi) is 3.75. The summed E-state index contributed by atoms with van der Waals surface area (Å²) < 4.78 is 5.52. The number of H-pyrrole nitrogens is 1. The van der Waals surface area contributed by atoms with Crippen LogP contribution < -0.4 is 4.90 Å². The number of anilines is 1. The van der Waals surface area contributed by atoms with E-state index in [2.05, 4.69) is 36.0 Å². The normalized spacial score (nSPS) is 22.7. The molecule has 0 saturated carbocycles. The van der Waals surface area contributed by atoms with Gasteiger partial charge in [0, 0.05) is 49.2 Å². The van der Waals surface area contributed by atoms with E-state index in [1.807, 2.05) is 18.6 Å². The highest BCUT2D eigenvalue weighted by Crippen LogP contribution is 2.32. The van der Waals surface area contributed by atoms with Gasteiger partial charge in [0.1, 0.15) is 11.2 Å². The Balaban J connectivity index is 1.52. The van der Waals surface area contributed by atoms with Gasteiger partial charge in [-0.05, 0) is 18.9 Å². The fraction of sp³-hybridized carbons (Fsp3) is 0.500. The molecule has 0 amide bonds. The van der Waals surface area contributed by atoms with E-state index in [9.17, 15) is 0 Å². The van der Waals surface area contributed by atoms with Gasteiger partial charge in [-0.1, -0.05) is 0 Å². The maximum Gasteiger partial charge on any atom is 0.138 e. The van der Waals surface area contributed by atoms with E-state index in [0.29, 0.717) is 6.04 Å². The number of nitrogens with one attached hydrogen (secondary N) is 1. The summed E-state index contributed by atoms with van der Waals surface area (Å²) in [6, 6.07) is 2.67. The summed E-state index contributed by atoms with van der Waals surface area (Å²) in [6.07, 6.45) is 8.12. The lowest BCUT2D eigenvalue weighted by Gasteiger charge is -2.41. The number of piperidine rings is 1. The lowest BCUT2D eigenvalue weighted by Crippen LogP contribution is -2.51. The van der Waals surface area contributed by atoms with E-state index in [4.69, 9.17) is 4.74 Å². The molecule has 0 aromatic carbocycles. The second-order valence-electron chi connectivity index (χ2n) is 6.88. The molecule has 130 valence electrons. The van der Waals surface area contributed by atoms with Crippen LogP contribution in [0.5, 0.6) is 0 Å². The molecule has 7 heteroatoms. The minimum Gasteiger partial charge on any atom is -0.379 e. The van der Waals surface area contributed by atoms with Crippen molar-refractivity contribution in [1.29, 1.82) is 0 Å². The van der Waals surface area contributed by atoms with Crippen molar-refractivity contribution in [2.75, 3.05) is 44.3 Å². The molecular weight excluding hydrogens is 316 g/mol. The number of fused-ring (bicyclic) bond motifs is 3. The highest BCUT2D eigenvalue weighted by Gasteiger charge is 2.28. The molecule has 0 aliphatic carbocycles. The van der Waals surface area contributed by atoms with Crippen LogP contribution in [-0.2, 0) is 4.74 Å². The first-order valence-corrected chi connectivity index (χ1v) is 9.04. The largest absolute Gasteiger partial charge is 0.379 e. The van der Waals surface area contributed by atoms with Crippen LogP contribution in [0.25, 0.3) is 21.9 Å². The first-order valence-electron chi connectivity index (χ1n) is 9.04. The summed E-state index contributed by atoms with van der Waals surface area (Å²) in [4.78, 5) is 12.7. The highest BCUT2D eigenvalue weighted by atomic mass is 16.5. The molecule has 1 atom stereocenters. The molecule has 2 fully saturated rings. The van der Waals surface area contributed by atoms with Crippen LogP contribution in [0.3, 0.4) is 0 Å². The second kappa shape index (κ2) is 6.24. The Hall–Kier alpha value is -2.25. The molecule has 25 heavy (non-hydrogen) atoms. The van der Waals surface area contributed by atoms with Crippen molar-refractivity contribution >= 4 is 27.6 Å². The van der Waals surface area contributed by atoms with Gasteiger partial charge in [-0.15, -0.1) is 5.10 Å². The van der Waals surface area contributed by atoms with Gasteiger partial charge in [-0.25, -0.2) is 4.98 Å². The SMILES string of the molecule is c1cc2c(ncc3nncc(N4CCCC(N5CCOCC5)C4)c32)[nH]1. The van der Waals surface area contributed by atoms with Gasteiger partial charge in [0.15, 0.2) is 0 Å². The van der Waals surface area contributed by atoms with Crippen molar-refractivity contribution in [1.82, 2.24) is 25.1 Å². The van der Waals surface area contributed by atoms with E-state index >= 15 is 0 Å². The molecule has 5 heterocycles. The Morgan fingerprint density at radius 2 is 2.08 bits per heavy atom. The van der Waals surface area contributed by atoms with Gasteiger partial charge in [0.05, 0.1) is 31.3 Å². The number of ether oxygens (including phenoxy) is 1. The lowest BCUT2D eigenvalue weighted by atomic mass is 10.0. The van der Waals surface area contributed by atoms with E-state index in [-0.39, 0.29) is 0 Å². The van der Waals surface area contributed by atoms with E-state index in [1.165, 1.54) is 18.5 Å². The monoisotopic (exact) mass is 338 g/mol. The lowest BCUT2D eigenvalue weighted by molar-refractivity contribution is 0.0137. The van der Waals surface area contributed by atoms with Crippen molar-refractivity contribution in [3.63, 3.8) is 0 Å². The molecule has 1 unspecified atom stereocenters. The van der Waals surface area contributed by atoms with Crippen LogP contribution in [0.2, 0.25) is 0 Å². The van der Waals surface area contributed by atoms with Crippen LogP contribution in [0, 0.1) is 0 Å². The minimum absolute atomic E-state index is 0.587. The van der Waals surface area contributed by atoms with Crippen molar-refractivity contribution in [2.24, 2.45) is 0 Å². The number of pyridine rings is 1. The van der Waals surface area contributed by atoms with Gasteiger partial charge in [-0.3, -0.25) is 4.90 Å². The molecule has 7 nitrogen and oxygen atoms in total. The van der Waals surface area contributed by atoms with Crippen LogP contribution in [0.1, 0.15) is 12.8 Å². The number of aromatic amines is 1. The van der Waals surface area contributed by atoms with Crippen LogP contribution in [0.4, 0.5) is 5.69 Å². The maximum absolute atomic E-state index is 5.52. The minimum atomic E-state index is 0.587. The highest BCUT2D eigenvalue weighted by molar-refractivity contribution is 6.09. The fourth-order valence-corrected chi connectivity index (χ4v) is 4.21. The van der Waals surface area contributed by atoms with Gasteiger partial charge in [-0.2, -0.15) is 5.10 Å². The first-order chi connectivity index (χ1) is 12.4. The predicted molar refractivity (Wildman–Crippen MR) is 96.8 cm³/mol. The Bertz CT molecular complexity index is 888. The molecular formula is C18H22N6O. The maximum atomic E-state index is 5.52. The number of morpholine rings is 1. The molecule has 0 bridgehead atoms. The zero-order chi connectivity index (χ0) is 16.6. The summed E-state index contributed by atoms with van der Waals surface area (Å²) in [5.74, 6) is 0. The van der Waals surface area contributed by atoms with Gasteiger partial charge in [0.25, 0.3) is 0 Å². The third kappa shape index (κ3) is 2.63. The molecule has 3 aromatic heterocycles. The second-order valence-corrected chi connectivity index (χ2v) is 6.88. The number of hydrogen-bond acceptors (Lipinski definition) is 6. The van der Waals surface area contributed by atoms with E-state index < -0.39 is 0 Å². The number of hydrogen-bond donors (Lipinski definition) is 1. The summed E-state index contributed by atoms with van der Waals surface area (Å²) in [5, 5.41) is 10.8. The zero-order valence-corrected chi connectivity index (χ0v) is 14.2. The Labute approximate surface area is 146 Å². The van der Waals surface area contributed by atoms with Crippen LogP contribution >= 0.6 is 0 Å². The number of nitrogens with zero attached hydrogens (tertiary/aromatic N) is 5. The molecule has 3 aromatic rings. The third-order valence-electron chi connectivity index (χ3n) is 5.47. The average molecular weight is 338 g/mol. The summed E-state index contributed by atoms with van der Waals surface area (Å²) >= 11 is 0.